The molecule has 0 radical (unpaired) electrons. The van der Waals surface area contributed by atoms with Crippen molar-refractivity contribution in [1.82, 2.24) is 16.0 Å². The van der Waals surface area contributed by atoms with E-state index in [1.807, 2.05) is 6.92 Å². The highest BCUT2D eigenvalue weighted by molar-refractivity contribution is 6.34. The van der Waals surface area contributed by atoms with Gasteiger partial charge in [0.2, 0.25) is 5.91 Å². The third-order valence-corrected chi connectivity index (χ3v) is 5.27. The molecule has 1 atom stereocenters. The molecule has 1 unspecified atom stereocenters. The highest BCUT2D eigenvalue weighted by Gasteiger charge is 2.25. The Balaban J connectivity index is 1.55. The Hall–Kier alpha value is -3.13. The zero-order chi connectivity index (χ0) is 23.1. The quantitative estimate of drug-likeness (QED) is 0.455. The van der Waals surface area contributed by atoms with Gasteiger partial charge in [-0.2, -0.15) is 0 Å². The van der Waals surface area contributed by atoms with E-state index < -0.39 is 18.0 Å². The van der Waals surface area contributed by atoms with Gasteiger partial charge in [0.25, 0.3) is 5.91 Å². The molecule has 1 saturated carbocycles. The van der Waals surface area contributed by atoms with E-state index in [1.54, 1.807) is 24.3 Å². The van der Waals surface area contributed by atoms with Crippen LogP contribution in [0.3, 0.4) is 0 Å². The molecule has 7 nitrogen and oxygen atoms in total. The van der Waals surface area contributed by atoms with Gasteiger partial charge in [-0.1, -0.05) is 37.1 Å². The van der Waals surface area contributed by atoms with Crippen LogP contribution in [0.2, 0.25) is 5.02 Å². The van der Waals surface area contributed by atoms with E-state index in [4.69, 9.17) is 11.6 Å². The van der Waals surface area contributed by atoms with E-state index in [0.29, 0.717) is 24.1 Å². The molecule has 32 heavy (non-hydrogen) atoms. The van der Waals surface area contributed by atoms with Crippen LogP contribution in [-0.2, 0) is 11.3 Å². The van der Waals surface area contributed by atoms with E-state index in [2.05, 4.69) is 21.3 Å². The summed E-state index contributed by atoms with van der Waals surface area (Å²) in [6, 6.07) is 9.40. The molecule has 4 amide bonds. The SMILES string of the molecule is CCCC(NC(=O)NCc1ccc(F)cc1)C(=O)Nc1ccc(C(=O)NC2CC2)c(Cl)c1. The smallest absolute Gasteiger partial charge is 0.315 e. The lowest BCUT2D eigenvalue weighted by Gasteiger charge is -2.18. The number of benzene rings is 2. The van der Waals surface area contributed by atoms with Gasteiger partial charge >= 0.3 is 6.03 Å². The summed E-state index contributed by atoms with van der Waals surface area (Å²) in [5.74, 6) is -0.983. The summed E-state index contributed by atoms with van der Waals surface area (Å²) in [6.45, 7) is 2.11. The molecule has 0 saturated heterocycles. The minimum Gasteiger partial charge on any atom is -0.349 e. The maximum Gasteiger partial charge on any atom is 0.315 e. The molecule has 1 aliphatic carbocycles. The second-order valence-electron chi connectivity index (χ2n) is 7.73. The van der Waals surface area contributed by atoms with Crippen molar-refractivity contribution in [2.75, 3.05) is 5.32 Å². The summed E-state index contributed by atoms with van der Waals surface area (Å²) < 4.78 is 13.0. The molecule has 0 heterocycles. The summed E-state index contributed by atoms with van der Waals surface area (Å²) in [6.07, 6.45) is 3.06. The second kappa shape index (κ2) is 10.9. The minimum atomic E-state index is -0.759. The summed E-state index contributed by atoms with van der Waals surface area (Å²) >= 11 is 6.23. The average Bonchev–Trinajstić information content (AvgIpc) is 3.57. The van der Waals surface area contributed by atoms with Crippen LogP contribution in [-0.4, -0.2) is 29.9 Å². The number of rotatable bonds is 9. The number of amides is 4. The number of carbonyl (C=O) groups is 3. The van der Waals surface area contributed by atoms with Crippen molar-refractivity contribution in [3.8, 4) is 0 Å². The fraction of sp³-hybridized carbons (Fsp3) is 0.348. The van der Waals surface area contributed by atoms with Gasteiger partial charge in [0.05, 0.1) is 10.6 Å². The third kappa shape index (κ3) is 6.95. The van der Waals surface area contributed by atoms with Gasteiger partial charge in [0.15, 0.2) is 0 Å². The molecule has 3 rings (SSSR count). The lowest BCUT2D eigenvalue weighted by atomic mass is 10.1. The normalized spacial score (nSPS) is 13.7. The van der Waals surface area contributed by atoms with Gasteiger partial charge in [-0.25, -0.2) is 9.18 Å². The molecule has 1 fully saturated rings. The fourth-order valence-electron chi connectivity index (χ4n) is 3.05. The van der Waals surface area contributed by atoms with Crippen LogP contribution in [0, 0.1) is 5.82 Å². The molecule has 0 bridgehead atoms. The molecule has 170 valence electrons. The first-order valence-corrected chi connectivity index (χ1v) is 10.9. The van der Waals surface area contributed by atoms with Gasteiger partial charge in [-0.3, -0.25) is 9.59 Å². The summed E-state index contributed by atoms with van der Waals surface area (Å²) in [4.78, 5) is 37.2. The van der Waals surface area contributed by atoms with Gasteiger partial charge in [0.1, 0.15) is 11.9 Å². The monoisotopic (exact) mass is 460 g/mol. The number of carbonyl (C=O) groups excluding carboxylic acids is 3. The highest BCUT2D eigenvalue weighted by Crippen LogP contribution is 2.24. The van der Waals surface area contributed by atoms with Crippen LogP contribution in [0.4, 0.5) is 14.9 Å². The van der Waals surface area contributed by atoms with Crippen LogP contribution >= 0.6 is 11.6 Å². The predicted molar refractivity (Wildman–Crippen MR) is 121 cm³/mol. The van der Waals surface area contributed by atoms with Crippen molar-refractivity contribution in [1.29, 1.82) is 0 Å². The molecule has 0 spiro atoms. The van der Waals surface area contributed by atoms with Gasteiger partial charge in [0, 0.05) is 18.3 Å². The maximum absolute atomic E-state index is 13.0. The van der Waals surface area contributed by atoms with E-state index >= 15 is 0 Å². The van der Waals surface area contributed by atoms with Crippen molar-refractivity contribution in [2.24, 2.45) is 0 Å². The lowest BCUT2D eigenvalue weighted by molar-refractivity contribution is -0.118. The molecule has 0 aromatic heterocycles. The first-order chi connectivity index (χ1) is 15.4. The first-order valence-electron chi connectivity index (χ1n) is 10.6. The van der Waals surface area contributed by atoms with Gasteiger partial charge in [-0.05, 0) is 55.2 Å². The van der Waals surface area contributed by atoms with E-state index in [9.17, 15) is 18.8 Å². The molecule has 4 N–H and O–H groups in total. The summed E-state index contributed by atoms with van der Waals surface area (Å²) in [5.41, 5.74) is 1.51. The van der Waals surface area contributed by atoms with Crippen molar-refractivity contribution in [3.05, 3.63) is 64.4 Å². The Labute approximate surface area is 191 Å². The molecule has 2 aromatic carbocycles. The van der Waals surface area contributed by atoms with Crippen LogP contribution in [0.25, 0.3) is 0 Å². The molecule has 2 aromatic rings. The number of urea groups is 1. The molecular formula is C23H26ClFN4O3. The van der Waals surface area contributed by atoms with Crippen molar-refractivity contribution >= 4 is 35.1 Å². The molecule has 0 aliphatic heterocycles. The van der Waals surface area contributed by atoms with Crippen LogP contribution < -0.4 is 21.3 Å². The minimum absolute atomic E-state index is 0.201. The van der Waals surface area contributed by atoms with Gasteiger partial charge < -0.3 is 21.3 Å². The average molecular weight is 461 g/mol. The topological polar surface area (TPSA) is 99.3 Å². The van der Waals surface area contributed by atoms with E-state index in [0.717, 1.165) is 18.4 Å². The summed E-state index contributed by atoms with van der Waals surface area (Å²) in [5, 5.41) is 11.2. The standard InChI is InChI=1S/C23H26ClFN4O3/c1-2-3-20(29-23(32)26-13-14-4-6-15(25)7-5-14)22(31)28-17-10-11-18(19(24)12-17)21(30)27-16-8-9-16/h4-7,10-12,16,20H,2-3,8-9,13H2,1H3,(H,27,30)(H,28,31)(H2,26,29,32). The Bertz CT molecular complexity index is 980. The number of anilines is 1. The Morgan fingerprint density at radius 2 is 1.84 bits per heavy atom. The Morgan fingerprint density at radius 3 is 2.47 bits per heavy atom. The predicted octanol–water partition coefficient (Wildman–Crippen LogP) is 3.98. The largest absolute Gasteiger partial charge is 0.349 e. The van der Waals surface area contributed by atoms with Crippen LogP contribution in [0.1, 0.15) is 48.5 Å². The summed E-state index contributed by atoms with van der Waals surface area (Å²) in [7, 11) is 0. The highest BCUT2D eigenvalue weighted by atomic mass is 35.5. The van der Waals surface area contributed by atoms with E-state index in [1.165, 1.54) is 18.2 Å². The zero-order valence-electron chi connectivity index (χ0n) is 17.7. The second-order valence-corrected chi connectivity index (χ2v) is 8.13. The van der Waals surface area contributed by atoms with Crippen molar-refractivity contribution in [3.63, 3.8) is 0 Å². The molecule has 1 aliphatic rings. The lowest BCUT2D eigenvalue weighted by Crippen LogP contribution is -2.47. The van der Waals surface area contributed by atoms with E-state index in [-0.39, 0.29) is 29.3 Å². The third-order valence-electron chi connectivity index (χ3n) is 4.96. The first kappa shape index (κ1) is 23.5. The molecule has 9 heteroatoms. The van der Waals surface area contributed by atoms with Crippen LogP contribution in [0.15, 0.2) is 42.5 Å². The number of hydrogen-bond donors (Lipinski definition) is 4. The van der Waals surface area contributed by atoms with Crippen molar-refractivity contribution < 1.29 is 18.8 Å². The number of hydrogen-bond acceptors (Lipinski definition) is 3. The van der Waals surface area contributed by atoms with Gasteiger partial charge in [-0.15, -0.1) is 0 Å². The molecular weight excluding hydrogens is 435 g/mol. The zero-order valence-corrected chi connectivity index (χ0v) is 18.5. The Kier molecular flexibility index (Phi) is 8.05. The Morgan fingerprint density at radius 1 is 1.12 bits per heavy atom. The fourth-order valence-corrected chi connectivity index (χ4v) is 3.31. The number of nitrogens with one attached hydrogen (secondary N) is 4. The number of halogens is 2. The van der Waals surface area contributed by atoms with Crippen molar-refractivity contribution in [2.45, 2.75) is 51.2 Å². The maximum atomic E-state index is 13.0. The van der Waals surface area contributed by atoms with Crippen LogP contribution in [0.5, 0.6) is 0 Å².